The van der Waals surface area contributed by atoms with Crippen LogP contribution in [-0.4, -0.2) is 5.91 Å². The van der Waals surface area contributed by atoms with Gasteiger partial charge in [-0.25, -0.2) is 0 Å². The van der Waals surface area contributed by atoms with E-state index in [1.807, 2.05) is 0 Å². The van der Waals surface area contributed by atoms with Crippen LogP contribution in [0.1, 0.15) is 35.2 Å². The number of allylic oxidation sites excluding steroid dienone is 2. The third-order valence-corrected chi connectivity index (χ3v) is 2.77. The number of nitrogens with zero attached hydrogens (tertiary/aromatic N) is 1. The number of nitroso groups, excluding NO2 is 1. The van der Waals surface area contributed by atoms with Crippen molar-refractivity contribution in [3.8, 4) is 0 Å². The largest absolute Gasteiger partial charge is 0.398 e. The summed E-state index contributed by atoms with van der Waals surface area (Å²) in [7, 11) is 0. The third-order valence-electron chi connectivity index (χ3n) is 2.77. The Hall–Kier alpha value is -1.97. The molecule has 1 aliphatic rings. The minimum Gasteiger partial charge on any atom is -0.398 e. The molecule has 82 valence electrons. The molecule has 0 atom stereocenters. The molecule has 1 aromatic rings. The Morgan fingerprint density at radius 1 is 1.38 bits per heavy atom. The fourth-order valence-electron chi connectivity index (χ4n) is 2.05. The Morgan fingerprint density at radius 3 is 2.81 bits per heavy atom. The maximum Gasteiger partial charge on any atom is 0.317 e. The predicted molar refractivity (Wildman–Crippen MR) is 62.8 cm³/mol. The van der Waals surface area contributed by atoms with E-state index >= 15 is 0 Å². The lowest BCUT2D eigenvalue weighted by Crippen LogP contribution is -2.03. The molecule has 0 aliphatic heterocycles. The zero-order chi connectivity index (χ0) is 11.5. The van der Waals surface area contributed by atoms with Crippen molar-refractivity contribution >= 4 is 17.2 Å². The van der Waals surface area contributed by atoms with E-state index in [2.05, 4.69) is 11.3 Å². The fraction of sp³-hybridized carbons (Fsp3) is 0.250. The summed E-state index contributed by atoms with van der Waals surface area (Å²) in [6.07, 6.45) is 5.01. The van der Waals surface area contributed by atoms with Gasteiger partial charge in [0.2, 0.25) is 0 Å². The summed E-state index contributed by atoms with van der Waals surface area (Å²) in [6.45, 7) is 0. The molecule has 0 saturated heterocycles. The summed E-state index contributed by atoms with van der Waals surface area (Å²) in [5, 5.41) is 2.46. The van der Waals surface area contributed by atoms with Crippen molar-refractivity contribution in [2.75, 3.05) is 5.73 Å². The van der Waals surface area contributed by atoms with Crippen molar-refractivity contribution in [2.24, 2.45) is 5.18 Å². The fourth-order valence-corrected chi connectivity index (χ4v) is 2.05. The van der Waals surface area contributed by atoms with Crippen molar-refractivity contribution in [3.63, 3.8) is 0 Å². The highest BCUT2D eigenvalue weighted by atomic mass is 16.3. The Bertz CT molecular complexity index is 478. The first-order valence-corrected chi connectivity index (χ1v) is 5.19. The van der Waals surface area contributed by atoms with Crippen molar-refractivity contribution in [2.45, 2.75) is 19.3 Å². The Morgan fingerprint density at radius 2 is 2.19 bits per heavy atom. The van der Waals surface area contributed by atoms with Gasteiger partial charge in [-0.05, 0) is 37.0 Å². The first kappa shape index (κ1) is 10.5. The number of anilines is 1. The third kappa shape index (κ3) is 1.74. The van der Waals surface area contributed by atoms with Gasteiger partial charge in [0.15, 0.2) is 0 Å². The topological polar surface area (TPSA) is 72.5 Å². The Balaban J connectivity index is 2.56. The molecule has 1 aromatic carbocycles. The lowest BCUT2D eigenvalue weighted by molar-refractivity contribution is 0.100. The van der Waals surface area contributed by atoms with Crippen LogP contribution in [0.5, 0.6) is 0 Å². The number of rotatable bonds is 2. The van der Waals surface area contributed by atoms with E-state index in [9.17, 15) is 9.70 Å². The van der Waals surface area contributed by atoms with Gasteiger partial charge >= 0.3 is 5.91 Å². The molecule has 0 radical (unpaired) electrons. The van der Waals surface area contributed by atoms with Gasteiger partial charge in [0.25, 0.3) is 0 Å². The van der Waals surface area contributed by atoms with Crippen LogP contribution in [0.3, 0.4) is 0 Å². The summed E-state index contributed by atoms with van der Waals surface area (Å²) in [6, 6.07) is 4.98. The van der Waals surface area contributed by atoms with Gasteiger partial charge in [-0.2, -0.15) is 0 Å². The van der Waals surface area contributed by atoms with Crippen LogP contribution in [0.4, 0.5) is 5.69 Å². The van der Waals surface area contributed by atoms with Crippen molar-refractivity contribution < 1.29 is 4.79 Å². The van der Waals surface area contributed by atoms with E-state index in [1.54, 1.807) is 18.2 Å². The van der Waals surface area contributed by atoms with Crippen molar-refractivity contribution in [1.29, 1.82) is 0 Å². The number of carbonyl (C=O) groups excluding carboxylic acids is 1. The van der Waals surface area contributed by atoms with Gasteiger partial charge in [-0.1, -0.05) is 12.1 Å². The normalized spacial score (nSPS) is 14.6. The molecule has 2 N–H and O–H groups in total. The molecule has 16 heavy (non-hydrogen) atoms. The van der Waals surface area contributed by atoms with Crippen LogP contribution < -0.4 is 5.73 Å². The predicted octanol–water partition coefficient (Wildman–Crippen LogP) is 2.74. The minimum absolute atomic E-state index is 0.308. The molecule has 0 spiro atoms. The van der Waals surface area contributed by atoms with E-state index in [-0.39, 0.29) is 0 Å². The monoisotopic (exact) mass is 216 g/mol. The van der Waals surface area contributed by atoms with E-state index in [0.29, 0.717) is 16.8 Å². The number of hydrogen-bond donors (Lipinski definition) is 1. The van der Waals surface area contributed by atoms with E-state index < -0.39 is 5.91 Å². The van der Waals surface area contributed by atoms with Crippen LogP contribution >= 0.6 is 0 Å². The van der Waals surface area contributed by atoms with Gasteiger partial charge in [0.05, 0.1) is 5.56 Å². The zero-order valence-corrected chi connectivity index (χ0v) is 8.77. The highest BCUT2D eigenvalue weighted by molar-refractivity contribution is 6.02. The molecule has 0 fully saturated rings. The molecule has 0 saturated carbocycles. The van der Waals surface area contributed by atoms with Gasteiger partial charge in [-0.3, -0.25) is 4.79 Å². The number of nitrogens with two attached hydrogens (primary N) is 1. The van der Waals surface area contributed by atoms with Crippen molar-refractivity contribution in [3.05, 3.63) is 40.3 Å². The molecule has 2 rings (SSSR count). The SMILES string of the molecule is Nc1cccc(C(=O)N=O)c1C1=CCCC1. The molecule has 1 aliphatic carbocycles. The molecular formula is C12H12N2O2. The van der Waals surface area contributed by atoms with E-state index in [1.165, 1.54) is 0 Å². The minimum atomic E-state index is -0.755. The van der Waals surface area contributed by atoms with Crippen LogP contribution in [0.2, 0.25) is 0 Å². The molecule has 1 amide bonds. The van der Waals surface area contributed by atoms with E-state index in [0.717, 1.165) is 24.8 Å². The molecular weight excluding hydrogens is 204 g/mol. The average Bonchev–Trinajstić information content (AvgIpc) is 2.81. The summed E-state index contributed by atoms with van der Waals surface area (Å²) in [5.41, 5.74) is 8.43. The maximum atomic E-state index is 11.4. The smallest absolute Gasteiger partial charge is 0.317 e. The lowest BCUT2D eigenvalue weighted by Gasteiger charge is -2.10. The van der Waals surface area contributed by atoms with Crippen LogP contribution in [-0.2, 0) is 0 Å². The Kier molecular flexibility index (Phi) is 2.81. The summed E-state index contributed by atoms with van der Waals surface area (Å²) < 4.78 is 0. The lowest BCUT2D eigenvalue weighted by atomic mass is 9.97. The molecule has 0 aromatic heterocycles. The van der Waals surface area contributed by atoms with Gasteiger partial charge in [0, 0.05) is 16.4 Å². The first-order chi connectivity index (χ1) is 7.74. The van der Waals surface area contributed by atoms with Crippen LogP contribution in [0, 0.1) is 4.91 Å². The van der Waals surface area contributed by atoms with Crippen molar-refractivity contribution in [1.82, 2.24) is 0 Å². The van der Waals surface area contributed by atoms with Gasteiger partial charge < -0.3 is 5.73 Å². The van der Waals surface area contributed by atoms with Crippen LogP contribution in [0.25, 0.3) is 5.57 Å². The van der Waals surface area contributed by atoms with Gasteiger partial charge in [0.1, 0.15) is 0 Å². The van der Waals surface area contributed by atoms with Crippen LogP contribution in [0.15, 0.2) is 29.5 Å². The quantitative estimate of drug-likeness (QED) is 0.610. The first-order valence-electron chi connectivity index (χ1n) is 5.19. The number of carbonyl (C=O) groups is 1. The Labute approximate surface area is 93.1 Å². The summed E-state index contributed by atoms with van der Waals surface area (Å²) >= 11 is 0. The molecule has 0 bridgehead atoms. The molecule has 0 unspecified atom stereocenters. The number of benzene rings is 1. The molecule has 0 heterocycles. The average molecular weight is 216 g/mol. The maximum absolute atomic E-state index is 11.4. The molecule has 4 heteroatoms. The van der Waals surface area contributed by atoms with Gasteiger partial charge in [-0.15, -0.1) is 4.91 Å². The van der Waals surface area contributed by atoms with E-state index in [4.69, 9.17) is 5.73 Å². The number of nitrogen functional groups attached to an aromatic ring is 1. The molecule has 4 nitrogen and oxygen atoms in total. The zero-order valence-electron chi connectivity index (χ0n) is 8.77. The second kappa shape index (κ2) is 4.26. The highest BCUT2D eigenvalue weighted by Crippen LogP contribution is 2.33. The number of hydrogen-bond acceptors (Lipinski definition) is 3. The second-order valence-electron chi connectivity index (χ2n) is 3.79. The summed E-state index contributed by atoms with van der Waals surface area (Å²) in [4.78, 5) is 21.7. The number of amides is 1. The summed E-state index contributed by atoms with van der Waals surface area (Å²) in [5.74, 6) is -0.755. The highest BCUT2D eigenvalue weighted by Gasteiger charge is 2.18. The standard InChI is InChI=1S/C12H12N2O2/c13-10-7-3-6-9(12(15)14-16)11(10)8-4-1-2-5-8/h3-4,6-7H,1-2,5,13H2. The second-order valence-corrected chi connectivity index (χ2v) is 3.79.